The number of morpholine rings is 1. The molecular weight excluding hydrogens is 420 g/mol. The predicted octanol–water partition coefficient (Wildman–Crippen LogP) is 2.96. The van der Waals surface area contributed by atoms with Crippen LogP contribution in [0.15, 0.2) is 42.7 Å². The van der Waals surface area contributed by atoms with Crippen LogP contribution in [0.1, 0.15) is 31.5 Å². The predicted molar refractivity (Wildman–Crippen MR) is 124 cm³/mol. The standard InChI is InChI=1S/C24H28N6O3/c1-16-14-31-11-9-30(16)22-19-15-33-24(2,8-10-32-18-6-4-3-5-7-18)20(19)28-21(29-22)17-12-26-23(25)27-13-17/h3-7,12-13,16H,8-11,14-15H2,1-2H3,(H2,25,26,27). The van der Waals surface area contributed by atoms with Crippen LogP contribution in [0.4, 0.5) is 11.8 Å². The lowest BCUT2D eigenvalue weighted by Gasteiger charge is -2.35. The second-order valence-corrected chi connectivity index (χ2v) is 8.58. The molecule has 2 aromatic heterocycles. The Kier molecular flexibility index (Phi) is 5.82. The molecule has 5 rings (SSSR count). The number of anilines is 2. The summed E-state index contributed by atoms with van der Waals surface area (Å²) >= 11 is 0. The molecule has 1 saturated heterocycles. The first kappa shape index (κ1) is 21.5. The summed E-state index contributed by atoms with van der Waals surface area (Å²) in [5, 5.41) is 0. The fraction of sp³-hybridized carbons (Fsp3) is 0.417. The number of benzene rings is 1. The van der Waals surface area contributed by atoms with Crippen LogP contribution < -0.4 is 15.4 Å². The first-order valence-electron chi connectivity index (χ1n) is 11.2. The van der Waals surface area contributed by atoms with E-state index in [4.69, 9.17) is 29.9 Å². The van der Waals surface area contributed by atoms with Crippen LogP contribution in [0.2, 0.25) is 0 Å². The quantitative estimate of drug-likeness (QED) is 0.609. The van der Waals surface area contributed by atoms with Crippen molar-refractivity contribution in [3.63, 3.8) is 0 Å². The molecular formula is C24H28N6O3. The van der Waals surface area contributed by atoms with Crippen LogP contribution in [-0.4, -0.2) is 52.3 Å². The molecule has 4 heterocycles. The Morgan fingerprint density at radius 1 is 1.18 bits per heavy atom. The minimum absolute atomic E-state index is 0.196. The summed E-state index contributed by atoms with van der Waals surface area (Å²) in [5.41, 5.74) is 7.71. The molecule has 2 aliphatic heterocycles. The Balaban J connectivity index is 1.50. The van der Waals surface area contributed by atoms with Gasteiger partial charge >= 0.3 is 0 Å². The number of fused-ring (bicyclic) bond motifs is 1. The third-order valence-electron chi connectivity index (χ3n) is 6.18. The molecule has 0 amide bonds. The summed E-state index contributed by atoms with van der Waals surface area (Å²) in [6.45, 7) is 7.24. The van der Waals surface area contributed by atoms with E-state index in [9.17, 15) is 0 Å². The van der Waals surface area contributed by atoms with Crippen LogP contribution in [0.3, 0.4) is 0 Å². The molecule has 2 atom stereocenters. The molecule has 1 aromatic carbocycles. The molecule has 172 valence electrons. The highest BCUT2D eigenvalue weighted by Crippen LogP contribution is 2.42. The summed E-state index contributed by atoms with van der Waals surface area (Å²) in [4.78, 5) is 20.4. The van der Waals surface area contributed by atoms with Gasteiger partial charge in [-0.25, -0.2) is 19.9 Å². The lowest BCUT2D eigenvalue weighted by atomic mass is 9.96. The summed E-state index contributed by atoms with van der Waals surface area (Å²) in [6, 6.07) is 9.99. The minimum atomic E-state index is -0.596. The molecule has 9 nitrogen and oxygen atoms in total. The van der Waals surface area contributed by atoms with Gasteiger partial charge < -0.3 is 24.8 Å². The van der Waals surface area contributed by atoms with E-state index in [-0.39, 0.29) is 12.0 Å². The zero-order valence-corrected chi connectivity index (χ0v) is 18.9. The van der Waals surface area contributed by atoms with Crippen molar-refractivity contribution in [2.45, 2.75) is 38.5 Å². The van der Waals surface area contributed by atoms with E-state index >= 15 is 0 Å². The molecule has 0 bridgehead atoms. The molecule has 0 aliphatic carbocycles. The van der Waals surface area contributed by atoms with Crippen molar-refractivity contribution in [1.82, 2.24) is 19.9 Å². The fourth-order valence-corrected chi connectivity index (χ4v) is 4.28. The highest BCUT2D eigenvalue weighted by molar-refractivity contribution is 5.61. The summed E-state index contributed by atoms with van der Waals surface area (Å²) < 4.78 is 17.9. The van der Waals surface area contributed by atoms with Crippen LogP contribution in [0.25, 0.3) is 11.4 Å². The topological polar surface area (TPSA) is 109 Å². The molecule has 2 aliphatic rings. The van der Waals surface area contributed by atoms with Gasteiger partial charge in [0.05, 0.1) is 43.7 Å². The maximum atomic E-state index is 6.33. The first-order valence-corrected chi connectivity index (χ1v) is 11.2. The number of nitrogen functional groups attached to an aromatic ring is 1. The Morgan fingerprint density at radius 3 is 2.73 bits per heavy atom. The van der Waals surface area contributed by atoms with Crippen molar-refractivity contribution in [2.75, 3.05) is 37.0 Å². The maximum Gasteiger partial charge on any atom is 0.219 e. The second-order valence-electron chi connectivity index (χ2n) is 8.58. The van der Waals surface area contributed by atoms with E-state index in [1.807, 2.05) is 30.3 Å². The van der Waals surface area contributed by atoms with Crippen LogP contribution in [-0.2, 0) is 21.7 Å². The van der Waals surface area contributed by atoms with Crippen LogP contribution in [0.5, 0.6) is 5.75 Å². The summed E-state index contributed by atoms with van der Waals surface area (Å²) in [6.07, 6.45) is 3.96. The average molecular weight is 449 g/mol. The summed E-state index contributed by atoms with van der Waals surface area (Å²) in [7, 11) is 0. The molecule has 2 N–H and O–H groups in total. The molecule has 0 saturated carbocycles. The van der Waals surface area contributed by atoms with Crippen molar-refractivity contribution in [3.8, 4) is 17.1 Å². The van der Waals surface area contributed by atoms with Crippen molar-refractivity contribution in [1.29, 1.82) is 0 Å². The van der Waals surface area contributed by atoms with Crippen molar-refractivity contribution < 1.29 is 14.2 Å². The van der Waals surface area contributed by atoms with E-state index in [1.54, 1.807) is 12.4 Å². The summed E-state index contributed by atoms with van der Waals surface area (Å²) in [5.74, 6) is 2.50. The van der Waals surface area contributed by atoms with Crippen molar-refractivity contribution >= 4 is 11.8 Å². The number of hydrogen-bond acceptors (Lipinski definition) is 9. The van der Waals surface area contributed by atoms with Gasteiger partial charge in [-0.3, -0.25) is 0 Å². The largest absolute Gasteiger partial charge is 0.493 e. The molecule has 9 heteroatoms. The zero-order chi connectivity index (χ0) is 22.8. The van der Waals surface area contributed by atoms with Gasteiger partial charge in [-0.05, 0) is 26.0 Å². The lowest BCUT2D eigenvalue weighted by Crippen LogP contribution is -2.44. The van der Waals surface area contributed by atoms with E-state index < -0.39 is 5.60 Å². The van der Waals surface area contributed by atoms with Gasteiger partial charge in [0.25, 0.3) is 0 Å². The fourth-order valence-electron chi connectivity index (χ4n) is 4.28. The van der Waals surface area contributed by atoms with E-state index in [0.717, 1.165) is 29.4 Å². The Morgan fingerprint density at radius 2 is 1.97 bits per heavy atom. The number of aromatic nitrogens is 4. The normalized spacial score (nSPS) is 22.2. The Labute approximate surface area is 193 Å². The van der Waals surface area contributed by atoms with Gasteiger partial charge in [0, 0.05) is 30.9 Å². The Bertz CT molecular complexity index is 1110. The highest BCUT2D eigenvalue weighted by atomic mass is 16.5. The smallest absolute Gasteiger partial charge is 0.219 e. The van der Waals surface area contributed by atoms with Crippen LogP contribution >= 0.6 is 0 Å². The van der Waals surface area contributed by atoms with Gasteiger partial charge in [-0.15, -0.1) is 0 Å². The van der Waals surface area contributed by atoms with Gasteiger partial charge in [0.15, 0.2) is 5.82 Å². The average Bonchev–Trinajstić information content (AvgIpc) is 3.17. The maximum absolute atomic E-state index is 6.33. The number of nitrogens with two attached hydrogens (primary N) is 1. The zero-order valence-electron chi connectivity index (χ0n) is 18.9. The highest BCUT2D eigenvalue weighted by Gasteiger charge is 2.41. The van der Waals surface area contributed by atoms with E-state index in [1.165, 1.54) is 0 Å². The Hall–Kier alpha value is -3.30. The number of hydrogen-bond donors (Lipinski definition) is 1. The van der Waals surface area contributed by atoms with Gasteiger partial charge in [0.1, 0.15) is 17.2 Å². The van der Waals surface area contributed by atoms with Crippen molar-refractivity contribution in [2.24, 2.45) is 0 Å². The molecule has 33 heavy (non-hydrogen) atoms. The number of nitrogens with zero attached hydrogens (tertiary/aromatic N) is 5. The molecule has 2 unspecified atom stereocenters. The monoisotopic (exact) mass is 448 g/mol. The number of rotatable bonds is 6. The van der Waals surface area contributed by atoms with Crippen LogP contribution in [0, 0.1) is 0 Å². The third kappa shape index (κ3) is 4.34. The van der Waals surface area contributed by atoms with E-state index in [0.29, 0.717) is 44.2 Å². The lowest BCUT2D eigenvalue weighted by molar-refractivity contribution is -0.0391. The molecule has 1 fully saturated rings. The molecule has 0 spiro atoms. The molecule has 0 radical (unpaired) electrons. The van der Waals surface area contributed by atoms with E-state index in [2.05, 4.69) is 28.7 Å². The SMILES string of the molecule is CC1COCCN1c1nc(-c2cnc(N)nc2)nc2c1COC2(C)CCOc1ccccc1. The first-order chi connectivity index (χ1) is 16.0. The van der Waals surface area contributed by atoms with Gasteiger partial charge in [-0.2, -0.15) is 0 Å². The minimum Gasteiger partial charge on any atom is -0.493 e. The van der Waals surface area contributed by atoms with Gasteiger partial charge in [-0.1, -0.05) is 18.2 Å². The van der Waals surface area contributed by atoms with Crippen molar-refractivity contribution in [3.05, 3.63) is 54.0 Å². The number of para-hydroxylation sites is 1. The second kappa shape index (κ2) is 8.92. The third-order valence-corrected chi connectivity index (χ3v) is 6.18. The van der Waals surface area contributed by atoms with Gasteiger partial charge in [0.2, 0.25) is 5.95 Å². The molecule has 3 aromatic rings. The number of ether oxygens (including phenoxy) is 3.